The molecule has 3 heterocycles. The summed E-state index contributed by atoms with van der Waals surface area (Å²) >= 11 is 4.96. The predicted octanol–water partition coefficient (Wildman–Crippen LogP) is 9.18. The number of amidine groups is 1. The lowest BCUT2D eigenvalue weighted by atomic mass is 9.76. The lowest BCUT2D eigenvalue weighted by molar-refractivity contribution is -0.115. The van der Waals surface area contributed by atoms with Crippen molar-refractivity contribution in [2.45, 2.75) is 31.6 Å². The molecule has 238 valence electrons. The number of carbonyl (C=O) groups excluding carboxylic acids is 1. The average Bonchev–Trinajstić information content (AvgIpc) is 3.43. The van der Waals surface area contributed by atoms with E-state index in [0.29, 0.717) is 34.8 Å². The largest absolute Gasteiger partial charge is 0.490 e. The highest BCUT2D eigenvalue weighted by Gasteiger charge is 2.35. The number of thioether (sulfide) groups is 1. The Balaban J connectivity index is 1.26. The van der Waals surface area contributed by atoms with Gasteiger partial charge in [-0.05, 0) is 106 Å². The van der Waals surface area contributed by atoms with Crippen molar-refractivity contribution in [2.75, 3.05) is 31.2 Å². The van der Waals surface area contributed by atoms with Gasteiger partial charge in [0.05, 0.1) is 21.7 Å². The van der Waals surface area contributed by atoms with Crippen molar-refractivity contribution in [3.63, 3.8) is 0 Å². The number of nitrogens with zero attached hydrogens (tertiary/aromatic N) is 2. The summed E-state index contributed by atoms with van der Waals surface area (Å²) in [7, 11) is 0. The Bertz CT molecular complexity index is 1800. The van der Waals surface area contributed by atoms with Crippen molar-refractivity contribution in [3.05, 3.63) is 135 Å². The summed E-state index contributed by atoms with van der Waals surface area (Å²) in [5, 5.41) is 3.58. The maximum atomic E-state index is 13.2. The fourth-order valence-electron chi connectivity index (χ4n) is 6.87. The molecule has 0 radical (unpaired) electrons. The van der Waals surface area contributed by atoms with Crippen LogP contribution in [0.3, 0.4) is 0 Å². The van der Waals surface area contributed by atoms with E-state index >= 15 is 0 Å². The van der Waals surface area contributed by atoms with Crippen LogP contribution >= 0.6 is 27.7 Å². The third-order valence-corrected chi connectivity index (χ3v) is 10.4. The quantitative estimate of drug-likeness (QED) is 0.139. The summed E-state index contributed by atoms with van der Waals surface area (Å²) in [4.78, 5) is 21.4. The van der Waals surface area contributed by atoms with Gasteiger partial charge in [-0.3, -0.25) is 4.79 Å². The summed E-state index contributed by atoms with van der Waals surface area (Å²) in [6, 6.07) is 29.9. The number of carbonyl (C=O) groups is 1. The zero-order valence-electron chi connectivity index (χ0n) is 26.2. The highest BCUT2D eigenvalue weighted by molar-refractivity contribution is 9.10. The van der Waals surface area contributed by atoms with E-state index in [4.69, 9.17) is 14.5 Å². The second-order valence-corrected chi connectivity index (χ2v) is 13.7. The number of hydrogen-bond donors (Lipinski definition) is 1. The van der Waals surface area contributed by atoms with Crippen LogP contribution in [0.25, 0.3) is 6.08 Å². The van der Waals surface area contributed by atoms with Crippen LogP contribution in [0, 0.1) is 0 Å². The number of ether oxygens (including phenoxy) is 2. The third kappa shape index (κ3) is 6.49. The minimum Gasteiger partial charge on any atom is -0.490 e. The normalized spacial score (nSPS) is 20.2. The van der Waals surface area contributed by atoms with Gasteiger partial charge in [-0.1, -0.05) is 73.3 Å². The summed E-state index contributed by atoms with van der Waals surface area (Å²) in [6.07, 6.45) is 5.66. The van der Waals surface area contributed by atoms with E-state index in [2.05, 4.69) is 106 Å². The molecule has 3 aliphatic heterocycles. The second-order valence-electron chi connectivity index (χ2n) is 11.8. The van der Waals surface area contributed by atoms with Crippen molar-refractivity contribution < 1.29 is 14.3 Å². The maximum Gasteiger partial charge on any atom is 0.264 e. The predicted molar refractivity (Wildman–Crippen MR) is 196 cm³/mol. The molecule has 4 aromatic rings. The molecule has 3 aliphatic rings. The van der Waals surface area contributed by atoms with E-state index in [-0.39, 0.29) is 17.7 Å². The highest BCUT2D eigenvalue weighted by atomic mass is 79.9. The minimum absolute atomic E-state index is 0.176. The molecule has 7 rings (SSSR count). The number of aliphatic imine (C=N–C) groups is 1. The smallest absolute Gasteiger partial charge is 0.264 e. The number of rotatable bonds is 9. The van der Waals surface area contributed by atoms with E-state index in [1.165, 1.54) is 39.7 Å². The molecule has 6 nitrogen and oxygen atoms in total. The van der Waals surface area contributed by atoms with E-state index in [1.54, 1.807) is 6.08 Å². The van der Waals surface area contributed by atoms with Crippen LogP contribution in [0.2, 0.25) is 0 Å². The van der Waals surface area contributed by atoms with Gasteiger partial charge in [0.15, 0.2) is 16.7 Å². The van der Waals surface area contributed by atoms with E-state index < -0.39 is 0 Å². The first-order valence-corrected chi connectivity index (χ1v) is 17.7. The Morgan fingerprint density at radius 2 is 1.60 bits per heavy atom. The maximum absolute atomic E-state index is 13.2. The Kier molecular flexibility index (Phi) is 9.23. The topological polar surface area (TPSA) is 63.2 Å². The second kappa shape index (κ2) is 13.8. The Morgan fingerprint density at radius 1 is 0.957 bits per heavy atom. The van der Waals surface area contributed by atoms with Crippen LogP contribution in [-0.4, -0.2) is 37.4 Å². The zero-order valence-corrected chi connectivity index (χ0v) is 28.6. The first kappa shape index (κ1) is 31.3. The molecule has 0 spiro atoms. The summed E-state index contributed by atoms with van der Waals surface area (Å²) in [5.74, 6) is 1.61. The lowest BCUT2D eigenvalue weighted by Crippen LogP contribution is -2.37. The molecule has 0 aliphatic carbocycles. The molecule has 1 N–H and O–H groups in total. The van der Waals surface area contributed by atoms with E-state index in [9.17, 15) is 4.79 Å². The summed E-state index contributed by atoms with van der Waals surface area (Å²) < 4.78 is 12.4. The van der Waals surface area contributed by atoms with Gasteiger partial charge in [0.2, 0.25) is 0 Å². The summed E-state index contributed by atoms with van der Waals surface area (Å²) in [6.45, 7) is 8.58. The Morgan fingerprint density at radius 3 is 2.19 bits per heavy atom. The molecule has 8 heteroatoms. The Labute approximate surface area is 288 Å². The molecular formula is C39H36BrN3O3S. The average molecular weight is 707 g/mol. The number of anilines is 1. The van der Waals surface area contributed by atoms with Crippen molar-refractivity contribution in [2.24, 2.45) is 4.99 Å². The molecule has 0 bridgehead atoms. The van der Waals surface area contributed by atoms with Gasteiger partial charge in [-0.2, -0.15) is 0 Å². The van der Waals surface area contributed by atoms with E-state index in [1.807, 2.05) is 25.1 Å². The van der Waals surface area contributed by atoms with E-state index in [0.717, 1.165) is 41.7 Å². The van der Waals surface area contributed by atoms with Crippen LogP contribution in [0.1, 0.15) is 59.4 Å². The molecule has 2 atom stereocenters. The molecule has 1 amide bonds. The van der Waals surface area contributed by atoms with Gasteiger partial charge in [0, 0.05) is 30.6 Å². The number of benzene rings is 4. The van der Waals surface area contributed by atoms with Crippen molar-refractivity contribution in [1.82, 2.24) is 5.32 Å². The van der Waals surface area contributed by atoms with Gasteiger partial charge in [-0.15, -0.1) is 0 Å². The zero-order chi connectivity index (χ0) is 32.3. The van der Waals surface area contributed by atoms with Gasteiger partial charge >= 0.3 is 0 Å². The standard InChI is InChI=1S/C39H36BrN3O3S/c1-3-19-46-37-33(40)20-25(21-34(37)45-4-2)22-35-38(44)42-39(47-35)41-28-23-31-29(26-11-7-5-8-12-26)15-17-43-18-16-30(32(24-28)36(31)43)27-13-9-6-10-14-27/h3,5-14,20-24,29-30H,1,4,15-19H2,2H3,(H,41,42,44)/b35-22-/t29-,30-/m1/s1. The highest BCUT2D eigenvalue weighted by Crippen LogP contribution is 2.50. The van der Waals surface area contributed by atoms with Gasteiger partial charge < -0.3 is 19.7 Å². The van der Waals surface area contributed by atoms with Crippen LogP contribution < -0.4 is 19.7 Å². The number of halogens is 1. The SMILES string of the molecule is C=CCOc1c(Br)cc(/C=C2\SC(=Nc3cc4c5c(c3)[C@@H](c3ccccc3)CCN5CC[C@@H]4c3ccccc3)NC2=O)cc1OCC. The van der Waals surface area contributed by atoms with Crippen molar-refractivity contribution in [1.29, 1.82) is 0 Å². The molecule has 0 aromatic heterocycles. The molecule has 0 saturated carbocycles. The fourth-order valence-corrected chi connectivity index (χ4v) is 8.29. The Hall–Kier alpha value is -4.27. The molecule has 0 unspecified atom stereocenters. The number of hydrogen-bond acceptors (Lipinski definition) is 6. The first-order valence-electron chi connectivity index (χ1n) is 16.0. The van der Waals surface area contributed by atoms with Crippen LogP contribution in [0.5, 0.6) is 11.5 Å². The molecule has 4 aromatic carbocycles. The van der Waals surface area contributed by atoms with Gasteiger partial charge in [0.25, 0.3) is 5.91 Å². The van der Waals surface area contributed by atoms with Crippen molar-refractivity contribution >= 4 is 56.2 Å². The minimum atomic E-state index is -0.176. The van der Waals surface area contributed by atoms with Crippen LogP contribution in [0.4, 0.5) is 11.4 Å². The fraction of sp³-hybridized carbons (Fsp3) is 0.231. The molecule has 1 saturated heterocycles. The monoisotopic (exact) mass is 705 g/mol. The number of amides is 1. The lowest BCUT2D eigenvalue weighted by Gasteiger charge is -2.43. The van der Waals surface area contributed by atoms with Crippen LogP contribution in [0.15, 0.2) is 112 Å². The summed E-state index contributed by atoms with van der Waals surface area (Å²) in [5.41, 5.74) is 8.32. The number of nitrogens with one attached hydrogen (secondary N) is 1. The van der Waals surface area contributed by atoms with Crippen molar-refractivity contribution in [3.8, 4) is 11.5 Å². The molecular weight excluding hydrogens is 670 g/mol. The van der Waals surface area contributed by atoms with Gasteiger partial charge in [0.1, 0.15) is 6.61 Å². The third-order valence-electron chi connectivity index (χ3n) is 8.86. The molecule has 1 fully saturated rings. The molecule has 47 heavy (non-hydrogen) atoms. The first-order chi connectivity index (χ1) is 23.0. The van der Waals surface area contributed by atoms with Crippen LogP contribution in [-0.2, 0) is 4.79 Å². The van der Waals surface area contributed by atoms with Gasteiger partial charge in [-0.25, -0.2) is 4.99 Å².